The Labute approximate surface area is 119 Å². The molecule has 1 saturated heterocycles. The molecule has 0 spiro atoms. The molecule has 0 N–H and O–H groups in total. The zero-order chi connectivity index (χ0) is 14.0. The lowest BCUT2D eigenvalue weighted by atomic mass is 10.3. The standard InChI is InChI=1S/C10H11ClN2O4S2/c11-9-2-1-8(13(14)15)7-10(9)19(16,17)12-3-5-18-6-4-12/h1-2,7H,3-6H2. The number of nitro groups is 1. The Bertz CT molecular complexity index is 600. The molecule has 0 aromatic heterocycles. The summed E-state index contributed by atoms with van der Waals surface area (Å²) in [6.45, 7) is 0.790. The minimum atomic E-state index is -3.77. The molecular weight excluding hydrogens is 312 g/mol. The molecule has 0 bridgehead atoms. The number of thioether (sulfide) groups is 1. The van der Waals surface area contributed by atoms with E-state index in [1.807, 2.05) is 0 Å². The normalized spacial score (nSPS) is 17.3. The average Bonchev–Trinajstić information content (AvgIpc) is 2.39. The monoisotopic (exact) mass is 322 g/mol. The second-order valence-corrected chi connectivity index (χ2v) is 7.43. The maximum absolute atomic E-state index is 12.4. The van der Waals surface area contributed by atoms with Gasteiger partial charge in [-0.1, -0.05) is 11.6 Å². The van der Waals surface area contributed by atoms with E-state index in [4.69, 9.17) is 11.6 Å². The molecule has 0 saturated carbocycles. The number of rotatable bonds is 3. The Morgan fingerprint density at radius 2 is 1.95 bits per heavy atom. The largest absolute Gasteiger partial charge is 0.270 e. The molecule has 0 aliphatic carbocycles. The summed E-state index contributed by atoms with van der Waals surface area (Å²) in [5.41, 5.74) is -0.283. The van der Waals surface area contributed by atoms with Gasteiger partial charge in [0.1, 0.15) is 4.90 Å². The summed E-state index contributed by atoms with van der Waals surface area (Å²) in [6.07, 6.45) is 0. The average molecular weight is 323 g/mol. The van der Waals surface area contributed by atoms with Crippen LogP contribution in [0.4, 0.5) is 5.69 Å². The number of halogens is 1. The van der Waals surface area contributed by atoms with E-state index in [1.165, 1.54) is 16.4 Å². The van der Waals surface area contributed by atoms with Crippen LogP contribution in [0.1, 0.15) is 0 Å². The molecule has 0 unspecified atom stereocenters. The third-order valence-electron chi connectivity index (χ3n) is 2.71. The van der Waals surface area contributed by atoms with E-state index in [0.29, 0.717) is 24.6 Å². The van der Waals surface area contributed by atoms with Gasteiger partial charge in [-0.05, 0) is 6.07 Å². The Balaban J connectivity index is 2.44. The number of nitro benzene ring substituents is 1. The highest BCUT2D eigenvalue weighted by atomic mass is 35.5. The van der Waals surface area contributed by atoms with Crippen molar-refractivity contribution in [3.8, 4) is 0 Å². The van der Waals surface area contributed by atoms with Crippen LogP contribution in [0.15, 0.2) is 23.1 Å². The van der Waals surface area contributed by atoms with Crippen molar-refractivity contribution in [3.05, 3.63) is 33.3 Å². The number of non-ortho nitro benzene ring substituents is 1. The molecule has 1 fully saturated rings. The second-order valence-electron chi connectivity index (χ2n) is 3.89. The van der Waals surface area contributed by atoms with Gasteiger partial charge in [-0.2, -0.15) is 16.1 Å². The first kappa shape index (κ1) is 14.6. The highest BCUT2D eigenvalue weighted by Gasteiger charge is 2.29. The first-order valence-corrected chi connectivity index (χ1v) is 8.42. The highest BCUT2D eigenvalue weighted by Crippen LogP contribution is 2.29. The minimum Gasteiger partial charge on any atom is -0.258 e. The van der Waals surface area contributed by atoms with Gasteiger partial charge >= 0.3 is 0 Å². The van der Waals surface area contributed by atoms with Crippen molar-refractivity contribution < 1.29 is 13.3 Å². The number of benzene rings is 1. The van der Waals surface area contributed by atoms with Crippen LogP contribution in [0.3, 0.4) is 0 Å². The molecule has 0 atom stereocenters. The molecule has 19 heavy (non-hydrogen) atoms. The molecule has 1 aliphatic rings. The maximum Gasteiger partial charge on any atom is 0.270 e. The van der Waals surface area contributed by atoms with Crippen LogP contribution in [-0.2, 0) is 10.0 Å². The summed E-state index contributed by atoms with van der Waals surface area (Å²) in [4.78, 5) is 9.88. The lowest BCUT2D eigenvalue weighted by Gasteiger charge is -2.25. The Kier molecular flexibility index (Phi) is 4.34. The quantitative estimate of drug-likeness (QED) is 0.628. The first-order valence-electron chi connectivity index (χ1n) is 5.45. The van der Waals surface area contributed by atoms with E-state index in [1.54, 1.807) is 11.8 Å². The fourth-order valence-electron chi connectivity index (χ4n) is 1.73. The topological polar surface area (TPSA) is 80.5 Å². The molecule has 1 heterocycles. The van der Waals surface area contributed by atoms with E-state index >= 15 is 0 Å². The van der Waals surface area contributed by atoms with Crippen molar-refractivity contribution in [1.82, 2.24) is 4.31 Å². The molecule has 1 aromatic carbocycles. The maximum atomic E-state index is 12.4. The van der Waals surface area contributed by atoms with Crippen LogP contribution < -0.4 is 0 Å². The smallest absolute Gasteiger partial charge is 0.258 e. The number of sulfonamides is 1. The van der Waals surface area contributed by atoms with Crippen LogP contribution in [0.5, 0.6) is 0 Å². The Morgan fingerprint density at radius 3 is 2.53 bits per heavy atom. The summed E-state index contributed by atoms with van der Waals surface area (Å²) in [6, 6.07) is 3.44. The summed E-state index contributed by atoms with van der Waals surface area (Å²) in [5, 5.41) is 10.7. The predicted octanol–water partition coefficient (Wildman–Crippen LogP) is 1.99. The fraction of sp³-hybridized carbons (Fsp3) is 0.400. The van der Waals surface area contributed by atoms with Gasteiger partial charge < -0.3 is 0 Å². The molecule has 2 rings (SSSR count). The fourth-order valence-corrected chi connectivity index (χ4v) is 4.80. The van der Waals surface area contributed by atoms with E-state index in [9.17, 15) is 18.5 Å². The molecule has 0 amide bonds. The van der Waals surface area contributed by atoms with Crippen molar-refractivity contribution in [3.63, 3.8) is 0 Å². The van der Waals surface area contributed by atoms with Crippen molar-refractivity contribution in [2.75, 3.05) is 24.6 Å². The van der Waals surface area contributed by atoms with Gasteiger partial charge in [0, 0.05) is 36.7 Å². The lowest BCUT2D eigenvalue weighted by Crippen LogP contribution is -2.38. The van der Waals surface area contributed by atoms with Gasteiger partial charge in [0.2, 0.25) is 10.0 Å². The number of hydrogen-bond acceptors (Lipinski definition) is 5. The van der Waals surface area contributed by atoms with Crippen molar-refractivity contribution >= 4 is 39.1 Å². The number of nitrogens with zero attached hydrogens (tertiary/aromatic N) is 2. The molecule has 9 heteroatoms. The van der Waals surface area contributed by atoms with Gasteiger partial charge in [-0.15, -0.1) is 0 Å². The summed E-state index contributed by atoms with van der Waals surface area (Å²) in [5.74, 6) is 1.43. The van der Waals surface area contributed by atoms with E-state index in [2.05, 4.69) is 0 Å². The third kappa shape index (κ3) is 3.02. The van der Waals surface area contributed by atoms with Gasteiger partial charge in [0.25, 0.3) is 5.69 Å². The van der Waals surface area contributed by atoms with Crippen LogP contribution in [0.25, 0.3) is 0 Å². The summed E-state index contributed by atoms with van der Waals surface area (Å²) >= 11 is 7.55. The summed E-state index contributed by atoms with van der Waals surface area (Å²) in [7, 11) is -3.77. The molecule has 0 radical (unpaired) electrons. The Hall–Kier alpha value is -0.830. The lowest BCUT2D eigenvalue weighted by molar-refractivity contribution is -0.385. The minimum absolute atomic E-state index is 0.00354. The van der Waals surface area contributed by atoms with Gasteiger partial charge in [-0.25, -0.2) is 8.42 Å². The molecule has 104 valence electrons. The van der Waals surface area contributed by atoms with Gasteiger partial charge in [-0.3, -0.25) is 10.1 Å². The second kappa shape index (κ2) is 5.66. The zero-order valence-electron chi connectivity index (χ0n) is 9.78. The third-order valence-corrected chi connectivity index (χ3v) is 6.04. The van der Waals surface area contributed by atoms with E-state index in [-0.39, 0.29) is 15.6 Å². The van der Waals surface area contributed by atoms with Crippen molar-refractivity contribution in [2.24, 2.45) is 0 Å². The van der Waals surface area contributed by atoms with Gasteiger partial charge in [0.05, 0.1) is 9.95 Å². The van der Waals surface area contributed by atoms with Crippen molar-refractivity contribution in [1.29, 1.82) is 0 Å². The van der Waals surface area contributed by atoms with Crippen LogP contribution >= 0.6 is 23.4 Å². The molecule has 1 aromatic rings. The SMILES string of the molecule is O=[N+]([O-])c1ccc(Cl)c(S(=O)(=O)N2CCSCC2)c1. The van der Waals surface area contributed by atoms with Crippen molar-refractivity contribution in [2.45, 2.75) is 4.90 Å². The van der Waals surface area contributed by atoms with E-state index < -0.39 is 14.9 Å². The molecular formula is C10H11ClN2O4S2. The van der Waals surface area contributed by atoms with Crippen LogP contribution in [0.2, 0.25) is 5.02 Å². The molecule has 1 aliphatic heterocycles. The van der Waals surface area contributed by atoms with E-state index in [0.717, 1.165) is 6.07 Å². The van der Waals surface area contributed by atoms with Crippen LogP contribution in [-0.4, -0.2) is 42.2 Å². The number of hydrogen-bond donors (Lipinski definition) is 0. The molecule has 6 nitrogen and oxygen atoms in total. The van der Waals surface area contributed by atoms with Crippen LogP contribution in [0, 0.1) is 10.1 Å². The zero-order valence-corrected chi connectivity index (χ0v) is 12.2. The highest BCUT2D eigenvalue weighted by molar-refractivity contribution is 7.99. The predicted molar refractivity (Wildman–Crippen MR) is 74.2 cm³/mol. The first-order chi connectivity index (χ1) is 8.93. The van der Waals surface area contributed by atoms with Gasteiger partial charge in [0.15, 0.2) is 0 Å². The summed E-state index contributed by atoms with van der Waals surface area (Å²) < 4.78 is 26.1. The Morgan fingerprint density at radius 1 is 1.32 bits per heavy atom.